The molecule has 1 fully saturated rings. The van der Waals surface area contributed by atoms with E-state index in [1.807, 2.05) is 11.8 Å². The van der Waals surface area contributed by atoms with Crippen LogP contribution in [0.25, 0.3) is 0 Å². The molecule has 1 atom stereocenters. The second kappa shape index (κ2) is 6.50. The number of carboxylic acids is 1. The maximum Gasteiger partial charge on any atom is 0.323 e. The van der Waals surface area contributed by atoms with Crippen LogP contribution in [0.2, 0.25) is 0 Å². The number of rotatable bonds is 6. The van der Waals surface area contributed by atoms with Crippen LogP contribution in [-0.2, 0) is 4.79 Å². The summed E-state index contributed by atoms with van der Waals surface area (Å²) in [6, 6.07) is 0.305. The van der Waals surface area contributed by atoms with E-state index in [0.717, 1.165) is 30.8 Å². The predicted octanol–water partition coefficient (Wildman–Crippen LogP) is 2.51. The molecule has 0 radical (unpaired) electrons. The van der Waals surface area contributed by atoms with Crippen molar-refractivity contribution >= 4 is 17.7 Å². The van der Waals surface area contributed by atoms with Gasteiger partial charge in [-0.15, -0.1) is 0 Å². The predicted molar refractivity (Wildman–Crippen MR) is 69.0 cm³/mol. The summed E-state index contributed by atoms with van der Waals surface area (Å²) >= 11 is 1.86. The highest BCUT2D eigenvalue weighted by Gasteiger charge is 2.40. The molecule has 1 aliphatic rings. The van der Waals surface area contributed by atoms with Crippen LogP contribution in [0.15, 0.2) is 0 Å². The van der Waals surface area contributed by atoms with E-state index in [0.29, 0.717) is 6.04 Å². The number of hydrogen-bond acceptors (Lipinski definition) is 3. The van der Waals surface area contributed by atoms with Gasteiger partial charge < -0.3 is 5.11 Å². The number of nitrogens with one attached hydrogen (secondary N) is 1. The van der Waals surface area contributed by atoms with Crippen LogP contribution in [-0.4, -0.2) is 34.2 Å². The second-order valence-electron chi connectivity index (χ2n) is 4.69. The molecule has 3 nitrogen and oxygen atoms in total. The average Bonchev–Trinajstić information content (AvgIpc) is 2.27. The van der Waals surface area contributed by atoms with Crippen LogP contribution in [0.3, 0.4) is 0 Å². The van der Waals surface area contributed by atoms with Crippen molar-refractivity contribution in [3.05, 3.63) is 0 Å². The summed E-state index contributed by atoms with van der Waals surface area (Å²) in [6.45, 7) is 4.26. The molecule has 0 amide bonds. The number of unbranched alkanes of at least 4 members (excludes halogenated alkanes) is 1. The number of hydrogen-bond donors (Lipinski definition) is 2. The van der Waals surface area contributed by atoms with Gasteiger partial charge in [-0.1, -0.05) is 19.8 Å². The quantitative estimate of drug-likeness (QED) is 0.755. The van der Waals surface area contributed by atoms with Gasteiger partial charge in [0.1, 0.15) is 5.54 Å². The molecule has 0 bridgehead atoms. The maximum absolute atomic E-state index is 11.4. The minimum atomic E-state index is -0.670. The molecule has 0 saturated carbocycles. The van der Waals surface area contributed by atoms with Crippen molar-refractivity contribution in [2.45, 2.75) is 57.5 Å². The van der Waals surface area contributed by atoms with Crippen molar-refractivity contribution in [3.63, 3.8) is 0 Å². The third-order valence-corrected chi connectivity index (χ3v) is 4.25. The molecular weight excluding hydrogens is 222 g/mol. The van der Waals surface area contributed by atoms with Gasteiger partial charge >= 0.3 is 5.97 Å². The maximum atomic E-state index is 11.4. The highest BCUT2D eigenvalue weighted by atomic mass is 32.2. The third kappa shape index (κ3) is 3.67. The van der Waals surface area contributed by atoms with E-state index >= 15 is 0 Å². The van der Waals surface area contributed by atoms with Crippen molar-refractivity contribution in [3.8, 4) is 0 Å². The zero-order valence-electron chi connectivity index (χ0n) is 10.3. The first-order valence-electron chi connectivity index (χ1n) is 6.19. The van der Waals surface area contributed by atoms with Gasteiger partial charge in [0.25, 0.3) is 0 Å². The first kappa shape index (κ1) is 13.8. The Hall–Kier alpha value is -0.220. The van der Waals surface area contributed by atoms with E-state index in [1.54, 1.807) is 0 Å². The fourth-order valence-corrected chi connectivity index (χ4v) is 3.38. The van der Waals surface area contributed by atoms with Crippen LogP contribution in [0.4, 0.5) is 0 Å². The van der Waals surface area contributed by atoms with E-state index in [9.17, 15) is 9.90 Å². The van der Waals surface area contributed by atoms with Gasteiger partial charge in [-0.05, 0) is 37.7 Å². The molecule has 2 N–H and O–H groups in total. The van der Waals surface area contributed by atoms with Crippen LogP contribution in [0.1, 0.15) is 46.0 Å². The molecule has 1 saturated heterocycles. The topological polar surface area (TPSA) is 49.3 Å². The van der Waals surface area contributed by atoms with E-state index in [2.05, 4.69) is 19.2 Å². The number of thioether (sulfide) groups is 1. The lowest BCUT2D eigenvalue weighted by Gasteiger charge is -2.36. The molecule has 0 spiro atoms. The molecule has 16 heavy (non-hydrogen) atoms. The normalized spacial score (nSPS) is 21.6. The van der Waals surface area contributed by atoms with Crippen molar-refractivity contribution < 1.29 is 9.90 Å². The summed E-state index contributed by atoms with van der Waals surface area (Å²) in [5.74, 6) is 1.25. The first-order chi connectivity index (χ1) is 7.60. The molecule has 1 aliphatic heterocycles. The summed E-state index contributed by atoms with van der Waals surface area (Å²) in [4.78, 5) is 11.4. The zero-order valence-corrected chi connectivity index (χ0v) is 11.1. The second-order valence-corrected chi connectivity index (χ2v) is 5.91. The standard InChI is InChI=1S/C12H23NO2S/c1-3-4-5-10(2)13-12(11(14)15)6-8-16-9-7-12/h10,13H,3-9H2,1-2H3,(H,14,15). The molecule has 94 valence electrons. The Kier molecular flexibility index (Phi) is 5.62. The van der Waals surface area contributed by atoms with Gasteiger partial charge in [0, 0.05) is 6.04 Å². The Bertz CT molecular complexity index is 227. The summed E-state index contributed by atoms with van der Waals surface area (Å²) < 4.78 is 0. The Labute approximate surface area is 102 Å². The van der Waals surface area contributed by atoms with E-state index in [-0.39, 0.29) is 0 Å². The monoisotopic (exact) mass is 245 g/mol. The SMILES string of the molecule is CCCCC(C)NC1(C(=O)O)CCSCC1. The lowest BCUT2D eigenvalue weighted by atomic mass is 9.90. The average molecular weight is 245 g/mol. The summed E-state index contributed by atoms with van der Waals surface area (Å²) in [5.41, 5.74) is -0.654. The molecule has 1 heterocycles. The summed E-state index contributed by atoms with van der Waals surface area (Å²) in [6.07, 6.45) is 4.91. The molecule has 0 aromatic rings. The number of carboxylic acid groups (broad SMARTS) is 1. The Morgan fingerprint density at radius 3 is 2.62 bits per heavy atom. The van der Waals surface area contributed by atoms with E-state index < -0.39 is 11.5 Å². The van der Waals surface area contributed by atoms with E-state index in [4.69, 9.17) is 0 Å². The highest BCUT2D eigenvalue weighted by molar-refractivity contribution is 7.99. The van der Waals surface area contributed by atoms with Gasteiger partial charge in [-0.3, -0.25) is 10.1 Å². The molecule has 4 heteroatoms. The first-order valence-corrected chi connectivity index (χ1v) is 7.35. The molecule has 0 aromatic heterocycles. The highest BCUT2D eigenvalue weighted by Crippen LogP contribution is 2.28. The van der Waals surface area contributed by atoms with Gasteiger partial charge in [-0.25, -0.2) is 0 Å². The van der Waals surface area contributed by atoms with Crippen LogP contribution in [0.5, 0.6) is 0 Å². The fraction of sp³-hybridized carbons (Fsp3) is 0.917. The third-order valence-electron chi connectivity index (χ3n) is 3.27. The number of carbonyl (C=O) groups is 1. The minimum absolute atomic E-state index is 0.305. The van der Waals surface area contributed by atoms with Crippen LogP contribution < -0.4 is 5.32 Å². The Morgan fingerprint density at radius 2 is 2.12 bits per heavy atom. The Morgan fingerprint density at radius 1 is 1.50 bits per heavy atom. The molecule has 0 aromatic carbocycles. The van der Waals surface area contributed by atoms with Gasteiger partial charge in [-0.2, -0.15) is 11.8 Å². The Balaban J connectivity index is 2.53. The largest absolute Gasteiger partial charge is 0.480 e. The lowest BCUT2D eigenvalue weighted by molar-refractivity contribution is -0.145. The van der Waals surface area contributed by atoms with Crippen LogP contribution in [0, 0.1) is 0 Å². The zero-order chi connectivity index (χ0) is 12.0. The van der Waals surface area contributed by atoms with E-state index in [1.165, 1.54) is 12.8 Å². The van der Waals surface area contributed by atoms with Crippen molar-refractivity contribution in [1.29, 1.82) is 0 Å². The molecule has 1 rings (SSSR count). The summed E-state index contributed by atoms with van der Waals surface area (Å²) in [7, 11) is 0. The molecule has 1 unspecified atom stereocenters. The van der Waals surface area contributed by atoms with Crippen LogP contribution >= 0.6 is 11.8 Å². The van der Waals surface area contributed by atoms with Crippen molar-refractivity contribution in [2.24, 2.45) is 0 Å². The molecular formula is C12H23NO2S. The minimum Gasteiger partial charge on any atom is -0.480 e. The van der Waals surface area contributed by atoms with Gasteiger partial charge in [0.2, 0.25) is 0 Å². The van der Waals surface area contributed by atoms with Gasteiger partial charge in [0.15, 0.2) is 0 Å². The lowest BCUT2D eigenvalue weighted by Crippen LogP contribution is -2.57. The van der Waals surface area contributed by atoms with Crippen molar-refractivity contribution in [2.75, 3.05) is 11.5 Å². The number of aliphatic carboxylic acids is 1. The van der Waals surface area contributed by atoms with Gasteiger partial charge in [0.05, 0.1) is 0 Å². The fourth-order valence-electron chi connectivity index (χ4n) is 2.19. The van der Waals surface area contributed by atoms with Crippen molar-refractivity contribution in [1.82, 2.24) is 5.32 Å². The molecule has 0 aliphatic carbocycles. The smallest absolute Gasteiger partial charge is 0.323 e. The summed E-state index contributed by atoms with van der Waals surface area (Å²) in [5, 5.41) is 12.7.